The molecule has 5 heteroatoms. The maximum absolute atomic E-state index is 12.1. The predicted octanol–water partition coefficient (Wildman–Crippen LogP) is 2.85. The lowest BCUT2D eigenvalue weighted by atomic mass is 9.78. The van der Waals surface area contributed by atoms with E-state index in [1.54, 1.807) is 18.2 Å². The van der Waals surface area contributed by atoms with E-state index in [1.165, 1.54) is 6.42 Å². The molecule has 24 heavy (non-hydrogen) atoms. The van der Waals surface area contributed by atoms with Crippen molar-refractivity contribution in [1.82, 2.24) is 5.32 Å². The Hall–Kier alpha value is -2.04. The molecule has 1 aromatic rings. The summed E-state index contributed by atoms with van der Waals surface area (Å²) in [5.41, 5.74) is 1.37. The van der Waals surface area contributed by atoms with Crippen LogP contribution in [0.15, 0.2) is 24.3 Å². The standard InChI is InChI=1S/C19H28N2O3/c1-13-7-5-10-17(14(13)2)20-18(22)12-24-19(23)15-8-6-9-16(11-15)21(3)4/h6,8-9,11,13-14,17H,5,7,10,12H2,1-4H3,(H,20,22)/t13-,14+,17+/m0/s1. The molecule has 0 saturated heterocycles. The van der Waals surface area contributed by atoms with Crippen molar-refractivity contribution in [3.63, 3.8) is 0 Å². The Labute approximate surface area is 144 Å². The minimum atomic E-state index is -0.473. The number of hydrogen-bond donors (Lipinski definition) is 1. The molecule has 0 aliphatic heterocycles. The van der Waals surface area contributed by atoms with Gasteiger partial charge in [0, 0.05) is 25.8 Å². The second-order valence-corrected chi connectivity index (χ2v) is 6.96. The number of hydrogen-bond acceptors (Lipinski definition) is 4. The molecular formula is C19H28N2O3. The lowest BCUT2D eigenvalue weighted by molar-refractivity contribution is -0.125. The highest BCUT2D eigenvalue weighted by Crippen LogP contribution is 2.29. The molecule has 1 amide bonds. The molecule has 0 spiro atoms. The van der Waals surface area contributed by atoms with E-state index in [0.717, 1.165) is 18.5 Å². The van der Waals surface area contributed by atoms with Crippen LogP contribution in [0, 0.1) is 11.8 Å². The van der Waals surface area contributed by atoms with Crippen molar-refractivity contribution in [3.8, 4) is 0 Å². The average molecular weight is 332 g/mol. The van der Waals surface area contributed by atoms with Crippen LogP contribution in [-0.2, 0) is 9.53 Å². The van der Waals surface area contributed by atoms with Gasteiger partial charge in [-0.05, 0) is 36.5 Å². The second-order valence-electron chi connectivity index (χ2n) is 6.96. The Morgan fingerprint density at radius 3 is 2.71 bits per heavy atom. The topological polar surface area (TPSA) is 58.6 Å². The summed E-state index contributed by atoms with van der Waals surface area (Å²) in [4.78, 5) is 26.1. The molecule has 2 rings (SSSR count). The fourth-order valence-electron chi connectivity index (χ4n) is 3.16. The predicted molar refractivity (Wildman–Crippen MR) is 95.2 cm³/mol. The molecule has 1 N–H and O–H groups in total. The molecule has 1 aromatic carbocycles. The van der Waals surface area contributed by atoms with Crippen molar-refractivity contribution in [2.45, 2.75) is 39.2 Å². The second kappa shape index (κ2) is 8.18. The minimum Gasteiger partial charge on any atom is -0.452 e. The summed E-state index contributed by atoms with van der Waals surface area (Å²) in [5, 5.41) is 3.01. The Kier molecular flexibility index (Phi) is 6.23. The van der Waals surface area contributed by atoms with Gasteiger partial charge in [0.2, 0.25) is 0 Å². The van der Waals surface area contributed by atoms with E-state index in [2.05, 4.69) is 19.2 Å². The van der Waals surface area contributed by atoms with Crippen LogP contribution in [0.3, 0.4) is 0 Å². The minimum absolute atomic E-state index is 0.178. The fourth-order valence-corrected chi connectivity index (χ4v) is 3.16. The van der Waals surface area contributed by atoms with Crippen LogP contribution in [0.1, 0.15) is 43.5 Å². The van der Waals surface area contributed by atoms with E-state index in [9.17, 15) is 9.59 Å². The third-order valence-electron chi connectivity index (χ3n) is 4.99. The molecule has 0 radical (unpaired) electrons. The number of amides is 1. The van der Waals surface area contributed by atoms with E-state index < -0.39 is 5.97 Å². The number of carbonyl (C=O) groups is 2. The van der Waals surface area contributed by atoms with Crippen LogP contribution in [0.4, 0.5) is 5.69 Å². The van der Waals surface area contributed by atoms with Gasteiger partial charge >= 0.3 is 5.97 Å². The van der Waals surface area contributed by atoms with Crippen molar-refractivity contribution in [1.29, 1.82) is 0 Å². The molecule has 3 atom stereocenters. The summed E-state index contributed by atoms with van der Waals surface area (Å²) in [7, 11) is 3.81. The van der Waals surface area contributed by atoms with Crippen LogP contribution in [0.25, 0.3) is 0 Å². The van der Waals surface area contributed by atoms with Crippen molar-refractivity contribution < 1.29 is 14.3 Å². The monoisotopic (exact) mass is 332 g/mol. The van der Waals surface area contributed by atoms with Crippen LogP contribution < -0.4 is 10.2 Å². The van der Waals surface area contributed by atoms with Crippen molar-refractivity contribution in [3.05, 3.63) is 29.8 Å². The average Bonchev–Trinajstić information content (AvgIpc) is 2.57. The van der Waals surface area contributed by atoms with Gasteiger partial charge in [-0.25, -0.2) is 4.79 Å². The molecule has 132 valence electrons. The Morgan fingerprint density at radius 2 is 2.00 bits per heavy atom. The first-order valence-electron chi connectivity index (χ1n) is 8.62. The zero-order valence-electron chi connectivity index (χ0n) is 15.0. The molecular weight excluding hydrogens is 304 g/mol. The van der Waals surface area contributed by atoms with Crippen LogP contribution in [-0.4, -0.2) is 38.6 Å². The van der Waals surface area contributed by atoms with Gasteiger partial charge in [0.15, 0.2) is 6.61 Å². The fraction of sp³-hybridized carbons (Fsp3) is 0.579. The summed E-state index contributed by atoms with van der Waals surface area (Å²) in [5.74, 6) is 0.368. The quantitative estimate of drug-likeness (QED) is 0.843. The van der Waals surface area contributed by atoms with Crippen molar-refractivity contribution >= 4 is 17.6 Å². The summed E-state index contributed by atoms with van der Waals surface area (Å²) in [6, 6.07) is 7.34. The molecule has 1 saturated carbocycles. The highest BCUT2D eigenvalue weighted by Gasteiger charge is 2.28. The van der Waals surface area contributed by atoms with Crippen molar-refractivity contribution in [2.75, 3.05) is 25.6 Å². The van der Waals surface area contributed by atoms with Gasteiger partial charge in [0.25, 0.3) is 5.91 Å². The SMILES string of the molecule is C[C@@H]1[C@@H](C)CCC[C@H]1NC(=O)COC(=O)c1cccc(N(C)C)c1. The summed E-state index contributed by atoms with van der Waals surface area (Å²) in [6.07, 6.45) is 3.34. The summed E-state index contributed by atoms with van der Waals surface area (Å²) >= 11 is 0. The van der Waals surface area contributed by atoms with Gasteiger partial charge in [-0.15, -0.1) is 0 Å². The molecule has 0 aromatic heterocycles. The number of ether oxygens (including phenoxy) is 1. The molecule has 0 bridgehead atoms. The maximum atomic E-state index is 12.1. The maximum Gasteiger partial charge on any atom is 0.338 e. The van der Waals surface area contributed by atoms with Crippen LogP contribution in [0.5, 0.6) is 0 Å². The number of carbonyl (C=O) groups excluding carboxylic acids is 2. The number of rotatable bonds is 5. The molecule has 1 fully saturated rings. The lowest BCUT2D eigenvalue weighted by Crippen LogP contribution is -2.45. The number of benzene rings is 1. The Morgan fingerprint density at radius 1 is 1.25 bits per heavy atom. The highest BCUT2D eigenvalue weighted by atomic mass is 16.5. The number of anilines is 1. The van der Waals surface area contributed by atoms with Gasteiger partial charge < -0.3 is 15.0 Å². The molecule has 5 nitrogen and oxygen atoms in total. The Balaban J connectivity index is 1.85. The lowest BCUT2D eigenvalue weighted by Gasteiger charge is -2.34. The molecule has 1 aliphatic carbocycles. The Bertz CT molecular complexity index is 586. The zero-order valence-corrected chi connectivity index (χ0v) is 15.0. The van der Waals surface area contributed by atoms with Gasteiger partial charge in [0.1, 0.15) is 0 Å². The normalized spacial score (nSPS) is 23.4. The molecule has 1 aliphatic rings. The third-order valence-corrected chi connectivity index (χ3v) is 4.99. The number of esters is 1. The third kappa shape index (κ3) is 4.73. The molecule has 0 unspecified atom stereocenters. The largest absolute Gasteiger partial charge is 0.452 e. The number of nitrogens with zero attached hydrogens (tertiary/aromatic N) is 1. The van der Waals surface area contributed by atoms with E-state index in [-0.39, 0.29) is 18.6 Å². The first-order chi connectivity index (χ1) is 11.4. The van der Waals surface area contributed by atoms with Gasteiger partial charge in [-0.3, -0.25) is 4.79 Å². The van der Waals surface area contributed by atoms with E-state index in [1.807, 2.05) is 25.1 Å². The molecule has 0 heterocycles. The van der Waals surface area contributed by atoms with E-state index in [0.29, 0.717) is 17.4 Å². The highest BCUT2D eigenvalue weighted by molar-refractivity contribution is 5.92. The van der Waals surface area contributed by atoms with Crippen LogP contribution >= 0.6 is 0 Å². The smallest absolute Gasteiger partial charge is 0.338 e. The number of nitrogens with one attached hydrogen (secondary N) is 1. The van der Waals surface area contributed by atoms with Crippen molar-refractivity contribution in [2.24, 2.45) is 11.8 Å². The summed E-state index contributed by atoms with van der Waals surface area (Å²) in [6.45, 7) is 4.16. The summed E-state index contributed by atoms with van der Waals surface area (Å²) < 4.78 is 5.16. The van der Waals surface area contributed by atoms with Gasteiger partial charge in [0.05, 0.1) is 5.56 Å². The first kappa shape index (κ1) is 18.3. The van der Waals surface area contributed by atoms with Crippen LogP contribution in [0.2, 0.25) is 0 Å². The van der Waals surface area contributed by atoms with Gasteiger partial charge in [-0.2, -0.15) is 0 Å². The van der Waals surface area contributed by atoms with E-state index >= 15 is 0 Å². The first-order valence-corrected chi connectivity index (χ1v) is 8.62. The van der Waals surface area contributed by atoms with E-state index in [4.69, 9.17) is 4.74 Å². The van der Waals surface area contributed by atoms with Gasteiger partial charge in [-0.1, -0.05) is 32.8 Å². The zero-order chi connectivity index (χ0) is 17.7.